The van der Waals surface area contributed by atoms with Crippen LogP contribution in [-0.2, 0) is 16.4 Å². The van der Waals surface area contributed by atoms with Crippen LogP contribution in [0.2, 0.25) is 0 Å². The van der Waals surface area contributed by atoms with Gasteiger partial charge in [0.1, 0.15) is 9.84 Å². The van der Waals surface area contributed by atoms with Gasteiger partial charge in [-0.1, -0.05) is 0 Å². The number of rotatable bonds is 8. The molecule has 0 aliphatic carbocycles. The summed E-state index contributed by atoms with van der Waals surface area (Å²) in [5, 5.41) is 10.5. The molecule has 1 unspecified atom stereocenters. The number of guanidine groups is 1. The van der Waals surface area contributed by atoms with Crippen molar-refractivity contribution in [2.45, 2.75) is 32.4 Å². The van der Waals surface area contributed by atoms with Crippen LogP contribution in [0.15, 0.2) is 23.5 Å². The van der Waals surface area contributed by atoms with Crippen LogP contribution in [0.25, 0.3) is 0 Å². The molecule has 7 nitrogen and oxygen atoms in total. The fourth-order valence-electron chi connectivity index (χ4n) is 1.77. The molecule has 1 rings (SSSR count). The first kappa shape index (κ1) is 17.5. The van der Waals surface area contributed by atoms with Crippen molar-refractivity contribution in [1.29, 1.82) is 0 Å². The first-order valence-corrected chi connectivity index (χ1v) is 9.09. The van der Waals surface area contributed by atoms with Crippen LogP contribution in [0.3, 0.4) is 0 Å². The molecule has 0 spiro atoms. The summed E-state index contributed by atoms with van der Waals surface area (Å²) in [6.07, 6.45) is 6.44. The van der Waals surface area contributed by atoms with Gasteiger partial charge in [-0.2, -0.15) is 5.10 Å². The maximum atomic E-state index is 11.1. The Labute approximate surface area is 126 Å². The highest BCUT2D eigenvalue weighted by atomic mass is 32.2. The molecule has 21 heavy (non-hydrogen) atoms. The second kappa shape index (κ2) is 8.66. The lowest BCUT2D eigenvalue weighted by atomic mass is 10.3. The van der Waals surface area contributed by atoms with E-state index in [-0.39, 0.29) is 11.8 Å². The first-order valence-electron chi connectivity index (χ1n) is 7.03. The molecule has 0 amide bonds. The Morgan fingerprint density at radius 2 is 2.24 bits per heavy atom. The van der Waals surface area contributed by atoms with Crippen LogP contribution in [-0.4, -0.2) is 55.8 Å². The SMILES string of the molecule is CN=C(NCCCn1cccn1)NC(C)CCS(C)(=O)=O. The van der Waals surface area contributed by atoms with E-state index in [4.69, 9.17) is 0 Å². The molecule has 0 aromatic carbocycles. The monoisotopic (exact) mass is 315 g/mol. The molecular weight excluding hydrogens is 290 g/mol. The third kappa shape index (κ3) is 8.34. The van der Waals surface area contributed by atoms with Gasteiger partial charge in [-0.05, 0) is 25.8 Å². The van der Waals surface area contributed by atoms with Gasteiger partial charge in [-0.25, -0.2) is 8.42 Å². The molecule has 0 saturated heterocycles. The quantitative estimate of drug-likeness (QED) is 0.408. The van der Waals surface area contributed by atoms with E-state index in [1.54, 1.807) is 13.2 Å². The smallest absolute Gasteiger partial charge is 0.191 e. The molecule has 0 fully saturated rings. The van der Waals surface area contributed by atoms with Gasteiger partial charge in [0.05, 0.1) is 5.75 Å². The molecule has 2 N–H and O–H groups in total. The summed E-state index contributed by atoms with van der Waals surface area (Å²) >= 11 is 0. The second-order valence-electron chi connectivity index (χ2n) is 5.09. The Morgan fingerprint density at radius 3 is 2.81 bits per heavy atom. The molecule has 0 aliphatic heterocycles. The van der Waals surface area contributed by atoms with Crippen molar-refractivity contribution < 1.29 is 8.42 Å². The molecule has 0 saturated carbocycles. The number of nitrogens with one attached hydrogen (secondary N) is 2. The van der Waals surface area contributed by atoms with E-state index >= 15 is 0 Å². The van der Waals surface area contributed by atoms with Crippen molar-refractivity contribution in [2.24, 2.45) is 4.99 Å². The highest BCUT2D eigenvalue weighted by Gasteiger charge is 2.09. The fraction of sp³-hybridized carbons (Fsp3) is 0.692. The molecule has 1 aromatic rings. The van der Waals surface area contributed by atoms with Crippen molar-refractivity contribution in [3.05, 3.63) is 18.5 Å². The average molecular weight is 315 g/mol. The van der Waals surface area contributed by atoms with Gasteiger partial charge in [0, 0.05) is 44.8 Å². The lowest BCUT2D eigenvalue weighted by Gasteiger charge is -2.17. The Morgan fingerprint density at radius 1 is 1.48 bits per heavy atom. The van der Waals surface area contributed by atoms with Gasteiger partial charge in [-0.15, -0.1) is 0 Å². The summed E-state index contributed by atoms with van der Waals surface area (Å²) in [4.78, 5) is 4.13. The number of aryl methyl sites for hydroxylation is 1. The van der Waals surface area contributed by atoms with Gasteiger partial charge in [0.15, 0.2) is 5.96 Å². The molecular formula is C13H25N5O2S. The van der Waals surface area contributed by atoms with E-state index in [2.05, 4.69) is 20.7 Å². The van der Waals surface area contributed by atoms with Crippen molar-refractivity contribution in [3.63, 3.8) is 0 Å². The lowest BCUT2D eigenvalue weighted by molar-refractivity contribution is 0.561. The maximum Gasteiger partial charge on any atom is 0.191 e. The molecule has 0 bridgehead atoms. The van der Waals surface area contributed by atoms with Crippen molar-refractivity contribution in [2.75, 3.05) is 25.6 Å². The maximum absolute atomic E-state index is 11.1. The number of sulfone groups is 1. The highest BCUT2D eigenvalue weighted by Crippen LogP contribution is 1.95. The molecule has 1 aromatic heterocycles. The lowest BCUT2D eigenvalue weighted by Crippen LogP contribution is -2.43. The van der Waals surface area contributed by atoms with Gasteiger partial charge in [0.2, 0.25) is 0 Å². The molecule has 0 aliphatic rings. The Bertz CT molecular complexity index is 525. The molecule has 8 heteroatoms. The zero-order valence-electron chi connectivity index (χ0n) is 12.9. The van der Waals surface area contributed by atoms with E-state index in [1.165, 1.54) is 6.26 Å². The molecule has 1 atom stereocenters. The van der Waals surface area contributed by atoms with Crippen molar-refractivity contribution in [1.82, 2.24) is 20.4 Å². The number of hydrogen-bond donors (Lipinski definition) is 2. The van der Waals surface area contributed by atoms with Crippen LogP contribution in [0.4, 0.5) is 0 Å². The van der Waals surface area contributed by atoms with Crippen molar-refractivity contribution in [3.8, 4) is 0 Å². The van der Waals surface area contributed by atoms with Gasteiger partial charge < -0.3 is 10.6 Å². The van der Waals surface area contributed by atoms with E-state index in [1.807, 2.05) is 23.9 Å². The highest BCUT2D eigenvalue weighted by molar-refractivity contribution is 7.90. The Balaban J connectivity index is 2.22. The Hall–Kier alpha value is -1.57. The van der Waals surface area contributed by atoms with Crippen LogP contribution >= 0.6 is 0 Å². The molecule has 1 heterocycles. The summed E-state index contributed by atoms with van der Waals surface area (Å²) in [6.45, 7) is 3.57. The zero-order valence-corrected chi connectivity index (χ0v) is 13.7. The van der Waals surface area contributed by atoms with E-state index in [0.717, 1.165) is 19.5 Å². The minimum Gasteiger partial charge on any atom is -0.356 e. The van der Waals surface area contributed by atoms with Crippen LogP contribution in [0, 0.1) is 0 Å². The number of aromatic nitrogens is 2. The number of aliphatic imine (C=N–C) groups is 1. The topological polar surface area (TPSA) is 88.4 Å². The van der Waals surface area contributed by atoms with E-state index in [9.17, 15) is 8.42 Å². The summed E-state index contributed by atoms with van der Waals surface area (Å²) in [5.41, 5.74) is 0. The standard InChI is InChI=1S/C13H25N5O2S/c1-12(6-11-21(3,19)20)17-13(14-2)15-7-4-9-18-10-5-8-16-18/h5,8,10,12H,4,6-7,9,11H2,1-3H3,(H2,14,15,17). The molecule has 120 valence electrons. The minimum absolute atomic E-state index is 0.0528. The minimum atomic E-state index is -2.92. The van der Waals surface area contributed by atoms with Crippen LogP contribution in [0.5, 0.6) is 0 Å². The Kier molecular flexibility index (Phi) is 7.21. The predicted octanol–water partition coefficient (Wildman–Crippen LogP) is 0.261. The summed E-state index contributed by atoms with van der Waals surface area (Å²) in [6, 6.07) is 1.95. The predicted molar refractivity (Wildman–Crippen MR) is 85.1 cm³/mol. The third-order valence-electron chi connectivity index (χ3n) is 2.94. The number of hydrogen-bond acceptors (Lipinski definition) is 4. The van der Waals surface area contributed by atoms with E-state index < -0.39 is 9.84 Å². The fourth-order valence-corrected chi connectivity index (χ4v) is 2.55. The normalized spacial score (nSPS) is 14.0. The van der Waals surface area contributed by atoms with Gasteiger partial charge >= 0.3 is 0 Å². The van der Waals surface area contributed by atoms with Crippen LogP contribution < -0.4 is 10.6 Å². The van der Waals surface area contributed by atoms with Gasteiger partial charge in [-0.3, -0.25) is 9.67 Å². The van der Waals surface area contributed by atoms with Crippen LogP contribution in [0.1, 0.15) is 19.8 Å². The summed E-state index contributed by atoms with van der Waals surface area (Å²) in [5.74, 6) is 0.869. The zero-order chi connectivity index (χ0) is 15.7. The average Bonchev–Trinajstić information content (AvgIpc) is 2.92. The molecule has 0 radical (unpaired) electrons. The third-order valence-corrected chi connectivity index (χ3v) is 3.92. The summed E-state index contributed by atoms with van der Waals surface area (Å²) < 4.78 is 24.1. The largest absolute Gasteiger partial charge is 0.356 e. The van der Waals surface area contributed by atoms with Crippen molar-refractivity contribution >= 4 is 15.8 Å². The van der Waals surface area contributed by atoms with Gasteiger partial charge in [0.25, 0.3) is 0 Å². The number of nitrogens with zero attached hydrogens (tertiary/aromatic N) is 3. The van der Waals surface area contributed by atoms with E-state index in [0.29, 0.717) is 12.4 Å². The second-order valence-corrected chi connectivity index (χ2v) is 7.35. The first-order chi connectivity index (χ1) is 9.90. The summed E-state index contributed by atoms with van der Waals surface area (Å²) in [7, 11) is -1.22.